The highest BCUT2D eigenvalue weighted by atomic mass is 19.1. The maximum atomic E-state index is 13.7. The lowest BCUT2D eigenvalue weighted by Gasteiger charge is -2.23. The molecule has 1 saturated heterocycles. The molecular weight excluding hydrogens is 259 g/mol. The number of carbonyl (C=O) groups excluding carboxylic acids is 1. The van der Waals surface area contributed by atoms with Crippen molar-refractivity contribution in [2.75, 3.05) is 25.0 Å². The topological polar surface area (TPSA) is 50.4 Å². The minimum atomic E-state index is -0.414. The molecule has 4 nitrogen and oxygen atoms in total. The van der Waals surface area contributed by atoms with Gasteiger partial charge >= 0.3 is 0 Å². The molecule has 1 unspecified atom stereocenters. The predicted molar refractivity (Wildman–Crippen MR) is 76.5 cm³/mol. The minimum absolute atomic E-state index is 0.255. The number of ether oxygens (including phenoxy) is 1. The number of rotatable bonds is 5. The van der Waals surface area contributed by atoms with Gasteiger partial charge in [0.1, 0.15) is 5.82 Å². The Hall–Kier alpha value is -1.62. The first-order chi connectivity index (χ1) is 9.56. The summed E-state index contributed by atoms with van der Waals surface area (Å²) in [7, 11) is 0. The molecule has 2 N–H and O–H groups in total. The first kappa shape index (κ1) is 14.8. The van der Waals surface area contributed by atoms with Crippen LogP contribution in [0.15, 0.2) is 18.2 Å². The van der Waals surface area contributed by atoms with Gasteiger partial charge in [-0.3, -0.25) is 4.79 Å². The van der Waals surface area contributed by atoms with Gasteiger partial charge in [-0.15, -0.1) is 0 Å². The molecule has 110 valence electrons. The SMILES string of the molecule is CCNc1c(F)cccc1C(=O)NCC1(C)CCCO1. The van der Waals surface area contributed by atoms with E-state index in [1.807, 2.05) is 13.8 Å². The van der Waals surface area contributed by atoms with Crippen molar-refractivity contribution in [3.8, 4) is 0 Å². The largest absolute Gasteiger partial charge is 0.382 e. The van der Waals surface area contributed by atoms with E-state index in [9.17, 15) is 9.18 Å². The summed E-state index contributed by atoms with van der Waals surface area (Å²) < 4.78 is 19.4. The van der Waals surface area contributed by atoms with Crippen LogP contribution in [0, 0.1) is 5.82 Å². The fourth-order valence-corrected chi connectivity index (χ4v) is 2.41. The van der Waals surface area contributed by atoms with E-state index >= 15 is 0 Å². The summed E-state index contributed by atoms with van der Waals surface area (Å²) in [5.74, 6) is -0.694. The number of halogens is 1. The Labute approximate surface area is 118 Å². The Morgan fingerprint density at radius 1 is 1.50 bits per heavy atom. The standard InChI is InChI=1S/C15H21FN2O2/c1-3-17-13-11(6-4-7-12(13)16)14(19)18-10-15(2)8-5-9-20-15/h4,6-7,17H,3,5,8-10H2,1-2H3,(H,18,19). The van der Waals surface area contributed by atoms with E-state index < -0.39 is 5.82 Å². The van der Waals surface area contributed by atoms with Crippen LogP contribution >= 0.6 is 0 Å². The number of nitrogens with one attached hydrogen (secondary N) is 2. The fourth-order valence-electron chi connectivity index (χ4n) is 2.41. The van der Waals surface area contributed by atoms with E-state index in [4.69, 9.17) is 4.74 Å². The Bertz CT molecular complexity index is 485. The highest BCUT2D eigenvalue weighted by molar-refractivity contribution is 5.99. The van der Waals surface area contributed by atoms with Crippen molar-refractivity contribution < 1.29 is 13.9 Å². The van der Waals surface area contributed by atoms with E-state index in [1.165, 1.54) is 6.07 Å². The van der Waals surface area contributed by atoms with E-state index in [1.54, 1.807) is 12.1 Å². The molecule has 1 amide bonds. The second kappa shape index (κ2) is 6.22. The van der Waals surface area contributed by atoms with Gasteiger partial charge in [0, 0.05) is 19.7 Å². The van der Waals surface area contributed by atoms with Crippen molar-refractivity contribution in [1.82, 2.24) is 5.32 Å². The highest BCUT2D eigenvalue weighted by Crippen LogP contribution is 2.24. The van der Waals surface area contributed by atoms with E-state index in [0.717, 1.165) is 19.4 Å². The lowest BCUT2D eigenvalue weighted by Crippen LogP contribution is -2.40. The zero-order valence-electron chi connectivity index (χ0n) is 12.0. The zero-order chi connectivity index (χ0) is 14.6. The summed E-state index contributed by atoms with van der Waals surface area (Å²) in [6, 6.07) is 4.50. The smallest absolute Gasteiger partial charge is 0.253 e. The van der Waals surface area contributed by atoms with Gasteiger partial charge in [-0.1, -0.05) is 6.07 Å². The van der Waals surface area contributed by atoms with Gasteiger partial charge in [0.15, 0.2) is 0 Å². The summed E-state index contributed by atoms with van der Waals surface area (Å²) in [6.45, 7) is 5.57. The van der Waals surface area contributed by atoms with Gasteiger partial charge in [-0.2, -0.15) is 0 Å². The van der Waals surface area contributed by atoms with Crippen molar-refractivity contribution in [3.63, 3.8) is 0 Å². The number of benzene rings is 1. The molecule has 0 saturated carbocycles. The molecule has 0 aliphatic carbocycles. The maximum absolute atomic E-state index is 13.7. The number of para-hydroxylation sites is 1. The Morgan fingerprint density at radius 2 is 2.30 bits per heavy atom. The van der Waals surface area contributed by atoms with Crippen LogP contribution < -0.4 is 10.6 Å². The van der Waals surface area contributed by atoms with E-state index in [-0.39, 0.29) is 17.2 Å². The molecular formula is C15H21FN2O2. The Kier molecular flexibility index (Phi) is 4.60. The summed E-state index contributed by atoms with van der Waals surface area (Å²) in [5.41, 5.74) is 0.278. The van der Waals surface area contributed by atoms with Crippen LogP contribution in [0.1, 0.15) is 37.0 Å². The van der Waals surface area contributed by atoms with Crippen molar-refractivity contribution in [3.05, 3.63) is 29.6 Å². The molecule has 20 heavy (non-hydrogen) atoms. The third kappa shape index (κ3) is 3.28. The van der Waals surface area contributed by atoms with Gasteiger partial charge in [0.2, 0.25) is 0 Å². The van der Waals surface area contributed by atoms with Crippen molar-refractivity contribution in [2.45, 2.75) is 32.3 Å². The highest BCUT2D eigenvalue weighted by Gasteiger charge is 2.30. The molecule has 0 radical (unpaired) electrons. The predicted octanol–water partition coefficient (Wildman–Crippen LogP) is 2.56. The number of carbonyl (C=O) groups is 1. The Morgan fingerprint density at radius 3 is 2.95 bits per heavy atom. The fraction of sp³-hybridized carbons (Fsp3) is 0.533. The first-order valence-corrected chi connectivity index (χ1v) is 7.00. The molecule has 2 rings (SSSR count). The molecule has 1 aromatic rings. The second-order valence-corrected chi connectivity index (χ2v) is 5.28. The lowest BCUT2D eigenvalue weighted by molar-refractivity contribution is 0.0206. The van der Waals surface area contributed by atoms with Gasteiger partial charge in [-0.05, 0) is 38.8 Å². The molecule has 1 aromatic carbocycles. The Balaban J connectivity index is 2.07. The summed E-state index contributed by atoms with van der Waals surface area (Å²) in [5, 5.41) is 5.73. The number of amides is 1. The molecule has 5 heteroatoms. The maximum Gasteiger partial charge on any atom is 0.253 e. The van der Waals surface area contributed by atoms with Gasteiger partial charge in [0.05, 0.1) is 16.9 Å². The van der Waals surface area contributed by atoms with Gasteiger partial charge < -0.3 is 15.4 Å². The van der Waals surface area contributed by atoms with Crippen molar-refractivity contribution >= 4 is 11.6 Å². The second-order valence-electron chi connectivity index (χ2n) is 5.28. The molecule has 1 atom stereocenters. The molecule has 0 aromatic heterocycles. The number of anilines is 1. The summed E-state index contributed by atoms with van der Waals surface area (Å²) >= 11 is 0. The average molecular weight is 280 g/mol. The van der Waals surface area contributed by atoms with E-state index in [2.05, 4.69) is 10.6 Å². The van der Waals surface area contributed by atoms with Crippen molar-refractivity contribution in [1.29, 1.82) is 0 Å². The molecule has 1 fully saturated rings. The molecule has 1 heterocycles. The van der Waals surface area contributed by atoms with Crippen LogP contribution in [0.5, 0.6) is 0 Å². The molecule has 1 aliphatic rings. The van der Waals surface area contributed by atoms with E-state index in [0.29, 0.717) is 18.7 Å². The molecule has 1 aliphatic heterocycles. The average Bonchev–Trinajstić information content (AvgIpc) is 2.86. The monoisotopic (exact) mass is 280 g/mol. The summed E-state index contributed by atoms with van der Waals surface area (Å²) in [6.07, 6.45) is 1.94. The van der Waals surface area contributed by atoms with Crippen LogP contribution in [0.3, 0.4) is 0 Å². The number of hydrogen-bond donors (Lipinski definition) is 2. The first-order valence-electron chi connectivity index (χ1n) is 7.00. The summed E-state index contributed by atoms with van der Waals surface area (Å²) in [4.78, 5) is 12.2. The zero-order valence-corrected chi connectivity index (χ0v) is 12.0. The van der Waals surface area contributed by atoms with Gasteiger partial charge in [0.25, 0.3) is 5.91 Å². The third-order valence-electron chi connectivity index (χ3n) is 3.54. The minimum Gasteiger partial charge on any atom is -0.382 e. The van der Waals surface area contributed by atoms with Crippen LogP contribution in [0.25, 0.3) is 0 Å². The quantitative estimate of drug-likeness (QED) is 0.871. The van der Waals surface area contributed by atoms with Crippen LogP contribution in [0.4, 0.5) is 10.1 Å². The number of hydrogen-bond acceptors (Lipinski definition) is 3. The lowest BCUT2D eigenvalue weighted by atomic mass is 10.0. The third-order valence-corrected chi connectivity index (χ3v) is 3.54. The van der Waals surface area contributed by atoms with Crippen LogP contribution in [0.2, 0.25) is 0 Å². The normalized spacial score (nSPS) is 21.8. The van der Waals surface area contributed by atoms with Crippen LogP contribution in [-0.2, 0) is 4.74 Å². The van der Waals surface area contributed by atoms with Crippen molar-refractivity contribution in [2.24, 2.45) is 0 Å². The van der Waals surface area contributed by atoms with Crippen LogP contribution in [-0.4, -0.2) is 31.2 Å². The van der Waals surface area contributed by atoms with Gasteiger partial charge in [-0.25, -0.2) is 4.39 Å². The molecule has 0 bridgehead atoms. The molecule has 0 spiro atoms.